The smallest absolute Gasteiger partial charge is 0.354 e. The second kappa shape index (κ2) is 7.55. The maximum atomic E-state index is 13.1. The highest BCUT2D eigenvalue weighted by molar-refractivity contribution is 7.98. The predicted octanol–water partition coefficient (Wildman–Crippen LogP) is 2.76. The zero-order chi connectivity index (χ0) is 19.9. The van der Waals surface area contributed by atoms with Crippen LogP contribution in [0.4, 0.5) is 19.0 Å². The van der Waals surface area contributed by atoms with Gasteiger partial charge in [-0.15, -0.1) is 0 Å². The van der Waals surface area contributed by atoms with Crippen molar-refractivity contribution in [1.82, 2.24) is 24.6 Å². The Labute approximate surface area is 166 Å². The van der Waals surface area contributed by atoms with Gasteiger partial charge in [0, 0.05) is 45.8 Å². The van der Waals surface area contributed by atoms with E-state index in [2.05, 4.69) is 20.0 Å². The highest BCUT2D eigenvalue weighted by atomic mass is 32.2. The van der Waals surface area contributed by atoms with Crippen molar-refractivity contribution in [2.45, 2.75) is 37.1 Å². The number of aryl methyl sites for hydroxylation is 2. The molecule has 0 saturated carbocycles. The van der Waals surface area contributed by atoms with Crippen molar-refractivity contribution in [3.8, 4) is 0 Å². The van der Waals surface area contributed by atoms with E-state index in [0.717, 1.165) is 50.3 Å². The van der Waals surface area contributed by atoms with Gasteiger partial charge in [-0.25, -0.2) is 9.97 Å². The highest BCUT2D eigenvalue weighted by Gasteiger charge is 2.34. The standard InChI is InChI=1S/C18H23F3N6S/c1-25-14(12-4-3-5-13(12)24-25)11-26-6-8-27(9-7-26)16-10-15(18(19,20)21)22-17(23-16)28-2/h10H,3-9,11H2,1-2H3. The maximum Gasteiger partial charge on any atom is 0.433 e. The first-order valence-corrected chi connectivity index (χ1v) is 10.6. The van der Waals surface area contributed by atoms with Crippen molar-refractivity contribution < 1.29 is 13.2 Å². The molecule has 1 aliphatic heterocycles. The largest absolute Gasteiger partial charge is 0.433 e. The summed E-state index contributed by atoms with van der Waals surface area (Å²) in [4.78, 5) is 12.2. The zero-order valence-corrected chi connectivity index (χ0v) is 16.8. The number of hydrogen-bond donors (Lipinski definition) is 0. The summed E-state index contributed by atoms with van der Waals surface area (Å²) in [6.45, 7) is 3.67. The molecule has 2 aliphatic rings. The Kier molecular flexibility index (Phi) is 5.26. The number of alkyl halides is 3. The summed E-state index contributed by atoms with van der Waals surface area (Å²) in [6, 6.07) is 1.06. The van der Waals surface area contributed by atoms with Crippen LogP contribution in [0, 0.1) is 0 Å². The molecule has 6 nitrogen and oxygen atoms in total. The van der Waals surface area contributed by atoms with Crippen LogP contribution >= 0.6 is 11.8 Å². The third-order valence-electron chi connectivity index (χ3n) is 5.43. The molecule has 152 valence electrons. The van der Waals surface area contributed by atoms with E-state index in [1.807, 2.05) is 16.6 Å². The van der Waals surface area contributed by atoms with E-state index >= 15 is 0 Å². The Morgan fingerprint density at radius 3 is 2.54 bits per heavy atom. The van der Waals surface area contributed by atoms with E-state index in [-0.39, 0.29) is 5.16 Å². The molecule has 1 aliphatic carbocycles. The fraction of sp³-hybridized carbons (Fsp3) is 0.611. The van der Waals surface area contributed by atoms with Crippen molar-refractivity contribution in [2.75, 3.05) is 37.3 Å². The van der Waals surface area contributed by atoms with Crippen molar-refractivity contribution in [2.24, 2.45) is 7.05 Å². The fourth-order valence-corrected chi connectivity index (χ4v) is 4.32. The molecule has 2 aromatic heterocycles. The van der Waals surface area contributed by atoms with E-state index < -0.39 is 11.9 Å². The molecule has 0 N–H and O–H groups in total. The Bertz CT molecular complexity index is 858. The molecule has 0 spiro atoms. The number of fused-ring (bicyclic) bond motifs is 1. The van der Waals surface area contributed by atoms with Gasteiger partial charge in [0.2, 0.25) is 0 Å². The number of nitrogens with zero attached hydrogens (tertiary/aromatic N) is 6. The van der Waals surface area contributed by atoms with E-state index in [4.69, 9.17) is 0 Å². The third-order valence-corrected chi connectivity index (χ3v) is 5.98. The van der Waals surface area contributed by atoms with Crippen LogP contribution in [0.25, 0.3) is 0 Å². The van der Waals surface area contributed by atoms with E-state index in [0.29, 0.717) is 18.9 Å². The van der Waals surface area contributed by atoms with Crippen molar-refractivity contribution in [1.29, 1.82) is 0 Å². The first kappa shape index (κ1) is 19.5. The summed E-state index contributed by atoms with van der Waals surface area (Å²) < 4.78 is 41.4. The average Bonchev–Trinajstić information content (AvgIpc) is 3.23. The van der Waals surface area contributed by atoms with Gasteiger partial charge in [0.05, 0.1) is 11.4 Å². The van der Waals surface area contributed by atoms with Gasteiger partial charge < -0.3 is 4.90 Å². The van der Waals surface area contributed by atoms with Gasteiger partial charge in [-0.05, 0) is 31.1 Å². The molecule has 0 bridgehead atoms. The minimum Gasteiger partial charge on any atom is -0.354 e. The lowest BCUT2D eigenvalue weighted by atomic mass is 10.2. The van der Waals surface area contributed by atoms with Gasteiger partial charge in [0.25, 0.3) is 0 Å². The first-order valence-electron chi connectivity index (χ1n) is 9.36. The lowest BCUT2D eigenvalue weighted by Gasteiger charge is -2.35. The van der Waals surface area contributed by atoms with Gasteiger partial charge in [-0.2, -0.15) is 18.3 Å². The number of piperazine rings is 1. The van der Waals surface area contributed by atoms with Gasteiger partial charge in [0.15, 0.2) is 10.9 Å². The molecule has 0 radical (unpaired) electrons. The summed E-state index contributed by atoms with van der Waals surface area (Å²) in [5.74, 6) is 0.354. The van der Waals surface area contributed by atoms with Gasteiger partial charge >= 0.3 is 6.18 Å². The Balaban J connectivity index is 1.45. The van der Waals surface area contributed by atoms with Crippen LogP contribution in [-0.2, 0) is 32.6 Å². The van der Waals surface area contributed by atoms with Crippen LogP contribution in [-0.4, -0.2) is 57.1 Å². The molecule has 0 aromatic carbocycles. The van der Waals surface area contributed by atoms with E-state index in [1.54, 1.807) is 6.26 Å². The van der Waals surface area contributed by atoms with Gasteiger partial charge in [0.1, 0.15) is 5.82 Å². The van der Waals surface area contributed by atoms with Crippen LogP contribution in [0.1, 0.15) is 29.1 Å². The second-order valence-corrected chi connectivity index (χ2v) is 7.98. The monoisotopic (exact) mass is 412 g/mol. The lowest BCUT2D eigenvalue weighted by Crippen LogP contribution is -2.46. The molecule has 0 unspecified atom stereocenters. The molecule has 1 fully saturated rings. The van der Waals surface area contributed by atoms with Crippen LogP contribution in [0.3, 0.4) is 0 Å². The summed E-state index contributed by atoms with van der Waals surface area (Å²) in [5.41, 5.74) is 3.00. The summed E-state index contributed by atoms with van der Waals surface area (Å²) in [7, 11) is 1.99. The third kappa shape index (κ3) is 3.84. The van der Waals surface area contributed by atoms with Crippen LogP contribution < -0.4 is 4.90 Å². The number of anilines is 1. The molecule has 3 heterocycles. The number of halogens is 3. The summed E-state index contributed by atoms with van der Waals surface area (Å²) in [6.07, 6.45) is 0.542. The number of aromatic nitrogens is 4. The molecule has 0 atom stereocenters. The maximum absolute atomic E-state index is 13.1. The fourth-order valence-electron chi connectivity index (χ4n) is 3.94. The number of rotatable bonds is 4. The predicted molar refractivity (Wildman–Crippen MR) is 102 cm³/mol. The van der Waals surface area contributed by atoms with Gasteiger partial charge in [-0.3, -0.25) is 9.58 Å². The number of hydrogen-bond acceptors (Lipinski definition) is 6. The van der Waals surface area contributed by atoms with Crippen LogP contribution in [0.5, 0.6) is 0 Å². The van der Waals surface area contributed by atoms with E-state index in [9.17, 15) is 13.2 Å². The molecule has 10 heteroatoms. The molecule has 4 rings (SSSR count). The topological polar surface area (TPSA) is 50.1 Å². The molecular formula is C18H23F3N6S. The average molecular weight is 412 g/mol. The lowest BCUT2D eigenvalue weighted by molar-refractivity contribution is -0.141. The summed E-state index contributed by atoms with van der Waals surface area (Å²) >= 11 is 1.12. The summed E-state index contributed by atoms with van der Waals surface area (Å²) in [5, 5.41) is 4.78. The SMILES string of the molecule is CSc1nc(N2CCN(Cc3c4c(nn3C)CCC4)CC2)cc(C(F)(F)F)n1. The Hall–Kier alpha value is -1.81. The van der Waals surface area contributed by atoms with E-state index in [1.165, 1.54) is 23.4 Å². The molecule has 2 aromatic rings. The van der Waals surface area contributed by atoms with Crippen molar-refractivity contribution >= 4 is 17.6 Å². The highest BCUT2D eigenvalue weighted by Crippen LogP contribution is 2.31. The quantitative estimate of drug-likeness (QED) is 0.569. The molecule has 1 saturated heterocycles. The Morgan fingerprint density at radius 1 is 1.11 bits per heavy atom. The normalized spacial score (nSPS) is 18.0. The van der Waals surface area contributed by atoms with Crippen LogP contribution in [0.2, 0.25) is 0 Å². The Morgan fingerprint density at radius 2 is 1.86 bits per heavy atom. The number of thioether (sulfide) groups is 1. The van der Waals surface area contributed by atoms with Gasteiger partial charge in [-0.1, -0.05) is 11.8 Å². The molecular weight excluding hydrogens is 389 g/mol. The second-order valence-electron chi connectivity index (χ2n) is 7.21. The molecule has 0 amide bonds. The minimum atomic E-state index is -4.47. The van der Waals surface area contributed by atoms with Crippen molar-refractivity contribution in [3.63, 3.8) is 0 Å². The minimum absolute atomic E-state index is 0.151. The van der Waals surface area contributed by atoms with Crippen molar-refractivity contribution in [3.05, 3.63) is 28.7 Å². The zero-order valence-electron chi connectivity index (χ0n) is 16.0. The van der Waals surface area contributed by atoms with Crippen LogP contribution in [0.15, 0.2) is 11.2 Å². The first-order chi connectivity index (χ1) is 13.3. The molecule has 28 heavy (non-hydrogen) atoms.